The van der Waals surface area contributed by atoms with Crippen LogP contribution < -0.4 is 0 Å². The first-order chi connectivity index (χ1) is 8.44. The molecule has 2 aliphatic heterocycles. The Hall–Kier alpha value is 0.640. The fourth-order valence-electron chi connectivity index (χ4n) is 2.66. The maximum Gasteiger partial charge on any atom is 0.331 e. The molecule has 9 heteroatoms. The summed E-state index contributed by atoms with van der Waals surface area (Å²) in [6.07, 6.45) is -0.248. The second kappa shape index (κ2) is 4.57. The van der Waals surface area contributed by atoms with Crippen LogP contribution in [0.3, 0.4) is 0 Å². The van der Waals surface area contributed by atoms with Crippen LogP contribution in [-0.2, 0) is 9.59 Å². The first-order valence-electron chi connectivity index (χ1n) is 5.39. The molecule has 4 nitrogen and oxygen atoms in total. The van der Waals surface area contributed by atoms with E-state index in [1.807, 2.05) is 0 Å². The molecule has 2 heterocycles. The highest BCUT2D eigenvalue weighted by Crippen LogP contribution is 2.61. The number of nitrogens with zero attached hydrogens (tertiary/aromatic N) is 1. The van der Waals surface area contributed by atoms with Crippen LogP contribution >= 0.6 is 62.5 Å². The molecule has 19 heavy (non-hydrogen) atoms. The number of hydrogen-bond donors (Lipinski definition) is 1. The van der Waals surface area contributed by atoms with Gasteiger partial charge in [0.25, 0.3) is 0 Å². The maximum atomic E-state index is 12.0. The van der Waals surface area contributed by atoms with Crippen molar-refractivity contribution >= 4 is 74.4 Å². The third-order valence-corrected chi connectivity index (χ3v) is 6.91. The molecule has 0 aromatic heterocycles. The molecule has 2 aliphatic rings. The Kier molecular flexibility index (Phi) is 3.85. The highest BCUT2D eigenvalue weighted by atomic mass is 79.9. The van der Waals surface area contributed by atoms with Gasteiger partial charge in [0.1, 0.15) is 10.2 Å². The minimum Gasteiger partial charge on any atom is -0.479 e. The zero-order valence-electron chi connectivity index (χ0n) is 9.99. The number of rotatable bonds is 2. The van der Waals surface area contributed by atoms with Crippen molar-refractivity contribution < 1.29 is 14.7 Å². The van der Waals surface area contributed by atoms with Crippen LogP contribution in [0.25, 0.3) is 0 Å². The number of amides is 1. The van der Waals surface area contributed by atoms with Gasteiger partial charge in [-0.05, 0) is 13.8 Å². The number of fused-ring (bicyclic) bond motifs is 1. The van der Waals surface area contributed by atoms with E-state index in [0.29, 0.717) is 0 Å². The summed E-state index contributed by atoms with van der Waals surface area (Å²) in [4.78, 5) is 24.8. The van der Waals surface area contributed by atoms with Crippen LogP contribution in [0.15, 0.2) is 0 Å². The third-order valence-electron chi connectivity index (χ3n) is 3.61. The van der Waals surface area contributed by atoms with Crippen LogP contribution in [-0.4, -0.2) is 46.2 Å². The average molecular weight is 412 g/mol. The van der Waals surface area contributed by atoms with E-state index < -0.39 is 20.0 Å². The van der Waals surface area contributed by atoms with E-state index in [1.165, 1.54) is 16.7 Å². The standard InChI is InChI=1S/C10H11BrCl3NO3S/c1-8(2)9(7(17)18,3-10(12,13)14)15-5(16)4(11)6(15)19-8/h4,6H,3H2,1-2H3,(H,17,18)/t4-,6+,9-/m0/s1. The van der Waals surface area contributed by atoms with Gasteiger partial charge in [-0.2, -0.15) is 0 Å². The Morgan fingerprint density at radius 3 is 2.47 bits per heavy atom. The molecule has 0 bridgehead atoms. The predicted octanol–water partition coefficient (Wildman–Crippen LogP) is 3.03. The number of carbonyl (C=O) groups is 2. The molecular weight excluding hydrogens is 400 g/mol. The normalized spacial score (nSPS) is 36.9. The van der Waals surface area contributed by atoms with Gasteiger partial charge in [-0.3, -0.25) is 4.79 Å². The van der Waals surface area contributed by atoms with Crippen LogP contribution in [0.1, 0.15) is 20.3 Å². The summed E-state index contributed by atoms with van der Waals surface area (Å²) >= 11 is 22.1. The Bertz CT molecular complexity index is 456. The molecule has 1 amide bonds. The van der Waals surface area contributed by atoms with Crippen molar-refractivity contribution in [2.45, 2.75) is 44.5 Å². The van der Waals surface area contributed by atoms with Crippen molar-refractivity contribution in [1.82, 2.24) is 4.90 Å². The number of carboxylic acids is 1. The molecule has 0 saturated carbocycles. The monoisotopic (exact) mass is 409 g/mol. The Morgan fingerprint density at radius 2 is 2.05 bits per heavy atom. The molecule has 2 saturated heterocycles. The van der Waals surface area contributed by atoms with Gasteiger partial charge < -0.3 is 10.0 Å². The first-order valence-corrected chi connectivity index (χ1v) is 8.32. The highest BCUT2D eigenvalue weighted by Gasteiger charge is 2.73. The second-order valence-corrected chi connectivity index (χ2v) is 10.3. The zero-order chi connectivity index (χ0) is 14.8. The molecule has 1 N–H and O–H groups in total. The Labute approximate surface area is 138 Å². The molecule has 0 aromatic carbocycles. The Balaban J connectivity index is 2.52. The lowest BCUT2D eigenvalue weighted by Crippen LogP contribution is -2.71. The third kappa shape index (κ3) is 2.18. The molecule has 2 rings (SSSR count). The number of halogens is 4. The van der Waals surface area contributed by atoms with E-state index in [2.05, 4.69) is 15.9 Å². The largest absolute Gasteiger partial charge is 0.479 e. The fraction of sp³-hybridized carbons (Fsp3) is 0.800. The van der Waals surface area contributed by atoms with E-state index in [1.54, 1.807) is 13.8 Å². The fourth-order valence-corrected chi connectivity index (χ4v) is 5.70. The van der Waals surface area contributed by atoms with Crippen molar-refractivity contribution in [3.8, 4) is 0 Å². The lowest BCUT2D eigenvalue weighted by Gasteiger charge is -2.49. The van der Waals surface area contributed by atoms with E-state index >= 15 is 0 Å². The summed E-state index contributed by atoms with van der Waals surface area (Å²) < 4.78 is -2.51. The minimum atomic E-state index is -1.75. The van der Waals surface area contributed by atoms with Gasteiger partial charge in [0.05, 0.1) is 0 Å². The number of β-lactam (4-membered cyclic amide) rings is 1. The summed E-state index contributed by atoms with van der Waals surface area (Å²) in [5, 5.41) is 9.45. The Morgan fingerprint density at radius 1 is 1.53 bits per heavy atom. The molecule has 3 atom stereocenters. The smallest absolute Gasteiger partial charge is 0.331 e. The molecular formula is C10H11BrCl3NO3S. The van der Waals surface area contributed by atoms with E-state index in [0.717, 1.165) is 0 Å². The quantitative estimate of drug-likeness (QED) is 0.561. The predicted molar refractivity (Wildman–Crippen MR) is 80.3 cm³/mol. The molecule has 0 radical (unpaired) electrons. The van der Waals surface area contributed by atoms with Gasteiger partial charge in [-0.1, -0.05) is 50.7 Å². The lowest BCUT2D eigenvalue weighted by molar-refractivity contribution is -0.167. The van der Waals surface area contributed by atoms with Crippen LogP contribution in [0.5, 0.6) is 0 Å². The molecule has 0 spiro atoms. The van der Waals surface area contributed by atoms with Crippen molar-refractivity contribution in [3.63, 3.8) is 0 Å². The molecule has 0 unspecified atom stereocenters. The minimum absolute atomic E-state index is 0.244. The van der Waals surface area contributed by atoms with Crippen molar-refractivity contribution in [3.05, 3.63) is 0 Å². The number of thioether (sulfide) groups is 1. The number of aliphatic carboxylic acids is 1. The molecule has 0 aromatic rings. The number of carboxylic acid groups (broad SMARTS) is 1. The number of carbonyl (C=O) groups excluding carboxylic acids is 1. The number of alkyl halides is 4. The molecule has 2 fully saturated rings. The summed E-state index contributed by atoms with van der Waals surface area (Å²) in [5.41, 5.74) is -1.52. The van der Waals surface area contributed by atoms with E-state index in [4.69, 9.17) is 34.8 Å². The SMILES string of the molecule is CC1(C)S[C@@H]2[C@@H](Br)C(=O)N2[C@@]1(CC(Cl)(Cl)Cl)C(=O)O. The summed E-state index contributed by atoms with van der Waals surface area (Å²) in [6.45, 7) is 3.51. The van der Waals surface area contributed by atoms with Crippen LogP contribution in [0, 0.1) is 0 Å². The maximum absolute atomic E-state index is 12.0. The molecule has 108 valence electrons. The van der Waals surface area contributed by atoms with Crippen molar-refractivity contribution in [1.29, 1.82) is 0 Å². The van der Waals surface area contributed by atoms with E-state index in [9.17, 15) is 14.7 Å². The summed E-state index contributed by atoms with van der Waals surface area (Å²) in [5.74, 6) is -1.42. The van der Waals surface area contributed by atoms with Gasteiger partial charge in [-0.15, -0.1) is 11.8 Å². The van der Waals surface area contributed by atoms with Gasteiger partial charge in [0, 0.05) is 11.2 Å². The van der Waals surface area contributed by atoms with Gasteiger partial charge in [-0.25, -0.2) is 4.79 Å². The lowest BCUT2D eigenvalue weighted by atomic mass is 9.79. The van der Waals surface area contributed by atoms with Gasteiger partial charge >= 0.3 is 5.97 Å². The molecule has 0 aliphatic carbocycles. The van der Waals surface area contributed by atoms with E-state index in [-0.39, 0.29) is 22.5 Å². The summed E-state index contributed by atoms with van der Waals surface area (Å²) in [6, 6.07) is 0. The average Bonchev–Trinajstić information content (AvgIpc) is 2.43. The van der Waals surface area contributed by atoms with Crippen molar-refractivity contribution in [2.75, 3.05) is 0 Å². The van der Waals surface area contributed by atoms with Gasteiger partial charge in [0.2, 0.25) is 5.91 Å². The first kappa shape index (κ1) is 16.0. The van der Waals surface area contributed by atoms with Crippen LogP contribution in [0.4, 0.5) is 0 Å². The van der Waals surface area contributed by atoms with Crippen LogP contribution in [0.2, 0.25) is 0 Å². The zero-order valence-corrected chi connectivity index (χ0v) is 14.7. The second-order valence-electron chi connectivity index (χ2n) is 5.09. The van der Waals surface area contributed by atoms with Gasteiger partial charge in [0.15, 0.2) is 9.33 Å². The summed E-state index contributed by atoms with van der Waals surface area (Å²) in [7, 11) is 0. The topological polar surface area (TPSA) is 57.6 Å². The highest BCUT2D eigenvalue weighted by molar-refractivity contribution is 9.10. The number of hydrogen-bond acceptors (Lipinski definition) is 3. The van der Waals surface area contributed by atoms with Crippen molar-refractivity contribution in [2.24, 2.45) is 0 Å².